The van der Waals surface area contributed by atoms with Crippen LogP contribution >= 0.6 is 11.6 Å². The third-order valence-corrected chi connectivity index (χ3v) is 6.25. The molecule has 0 spiro atoms. The van der Waals surface area contributed by atoms with Crippen LogP contribution in [0, 0.1) is 34.9 Å². The number of hydrogen-bond donors (Lipinski definition) is 3. The summed E-state index contributed by atoms with van der Waals surface area (Å²) in [5.74, 6) is -0.974. The number of aromatic amines is 1. The van der Waals surface area contributed by atoms with E-state index in [1.165, 1.54) is 18.3 Å². The van der Waals surface area contributed by atoms with Gasteiger partial charge in [-0.15, -0.1) is 0 Å². The van der Waals surface area contributed by atoms with Gasteiger partial charge >= 0.3 is 0 Å². The topological polar surface area (TPSA) is 109 Å². The van der Waals surface area contributed by atoms with Crippen LogP contribution in [0.15, 0.2) is 42.6 Å². The highest BCUT2D eigenvalue weighted by molar-refractivity contribution is 6.35. The zero-order valence-corrected chi connectivity index (χ0v) is 15.9. The summed E-state index contributed by atoms with van der Waals surface area (Å²) < 4.78 is 13.6. The standard InChI is InChI=1S/C21H17ClFN5O/c22-13-8-26-21-18(27-20(28-21)11-2-1-3-12(23)7-11)16(13)17(24)14-9-4-5-10(6-9)15(14)19(25)29/h1-5,7-10,14-15,24H,6H2,(H2,25,29)(H,26,27,28). The summed E-state index contributed by atoms with van der Waals surface area (Å²) >= 11 is 6.44. The van der Waals surface area contributed by atoms with E-state index in [0.717, 1.165) is 6.42 Å². The number of carbonyl (C=O) groups is 1. The first kappa shape index (κ1) is 18.0. The van der Waals surface area contributed by atoms with Gasteiger partial charge in [0.1, 0.15) is 11.6 Å². The van der Waals surface area contributed by atoms with Gasteiger partial charge < -0.3 is 16.1 Å². The molecule has 0 radical (unpaired) electrons. The Morgan fingerprint density at radius 3 is 2.76 bits per heavy atom. The van der Waals surface area contributed by atoms with E-state index in [1.54, 1.807) is 12.1 Å². The van der Waals surface area contributed by atoms with Crippen molar-refractivity contribution in [3.05, 3.63) is 59.0 Å². The van der Waals surface area contributed by atoms with Gasteiger partial charge in [-0.1, -0.05) is 35.9 Å². The fourth-order valence-electron chi connectivity index (χ4n) is 4.74. The van der Waals surface area contributed by atoms with E-state index in [4.69, 9.17) is 22.7 Å². The molecule has 1 saturated carbocycles. The van der Waals surface area contributed by atoms with Crippen LogP contribution in [0.1, 0.15) is 12.0 Å². The molecule has 6 nitrogen and oxygen atoms in total. The van der Waals surface area contributed by atoms with Crippen LogP contribution in [0.4, 0.5) is 4.39 Å². The number of allylic oxidation sites excluding steroid dienone is 2. The Labute approximate surface area is 170 Å². The van der Waals surface area contributed by atoms with Crippen molar-refractivity contribution in [3.8, 4) is 11.4 Å². The smallest absolute Gasteiger partial charge is 0.221 e. The van der Waals surface area contributed by atoms with E-state index >= 15 is 0 Å². The molecule has 0 aliphatic heterocycles. The number of amides is 1. The zero-order chi connectivity index (χ0) is 20.3. The first-order valence-electron chi connectivity index (χ1n) is 9.30. The second-order valence-corrected chi connectivity index (χ2v) is 8.00. The summed E-state index contributed by atoms with van der Waals surface area (Å²) in [6.45, 7) is 0. The number of carbonyl (C=O) groups excluding carboxylic acids is 1. The molecule has 29 heavy (non-hydrogen) atoms. The Bertz CT molecular complexity index is 1200. The minimum absolute atomic E-state index is 0.0589. The first-order chi connectivity index (χ1) is 13.9. The number of nitrogens with two attached hydrogens (primary N) is 1. The molecule has 0 saturated heterocycles. The minimum atomic E-state index is -0.428. The number of aromatic nitrogens is 3. The number of benzene rings is 1. The highest BCUT2D eigenvalue weighted by Gasteiger charge is 2.49. The second-order valence-electron chi connectivity index (χ2n) is 7.59. The third kappa shape index (κ3) is 2.76. The molecule has 2 heterocycles. The van der Waals surface area contributed by atoms with Gasteiger partial charge in [-0.05, 0) is 30.4 Å². The van der Waals surface area contributed by atoms with Crippen molar-refractivity contribution >= 4 is 34.4 Å². The summed E-state index contributed by atoms with van der Waals surface area (Å²) in [5, 5.41) is 9.21. The molecule has 2 aliphatic rings. The largest absolute Gasteiger partial charge is 0.369 e. The van der Waals surface area contributed by atoms with Crippen LogP contribution in [0.25, 0.3) is 22.6 Å². The Morgan fingerprint density at radius 1 is 1.28 bits per heavy atom. The molecular formula is C21H17ClFN5O. The molecule has 1 fully saturated rings. The molecule has 4 unspecified atom stereocenters. The van der Waals surface area contributed by atoms with Gasteiger partial charge in [0.2, 0.25) is 5.91 Å². The monoisotopic (exact) mass is 409 g/mol. The molecule has 2 aliphatic carbocycles. The molecule has 8 heteroatoms. The van der Waals surface area contributed by atoms with Crippen LogP contribution < -0.4 is 5.73 Å². The summed E-state index contributed by atoms with van der Waals surface area (Å²) in [4.78, 5) is 23.9. The van der Waals surface area contributed by atoms with E-state index in [0.29, 0.717) is 33.1 Å². The lowest BCUT2D eigenvalue weighted by molar-refractivity contribution is -0.123. The molecule has 4 N–H and O–H groups in total. The minimum Gasteiger partial charge on any atom is -0.369 e. The first-order valence-corrected chi connectivity index (χ1v) is 9.68. The van der Waals surface area contributed by atoms with Crippen molar-refractivity contribution in [1.29, 1.82) is 5.41 Å². The Hall–Kier alpha value is -3.06. The van der Waals surface area contributed by atoms with Gasteiger partial charge in [0.05, 0.1) is 16.5 Å². The number of fused-ring (bicyclic) bond motifs is 3. The lowest BCUT2D eigenvalue weighted by Crippen LogP contribution is -2.37. The van der Waals surface area contributed by atoms with Crippen molar-refractivity contribution in [3.63, 3.8) is 0 Å². The van der Waals surface area contributed by atoms with E-state index in [9.17, 15) is 9.18 Å². The predicted molar refractivity (Wildman–Crippen MR) is 108 cm³/mol. The van der Waals surface area contributed by atoms with Gasteiger partial charge in [-0.2, -0.15) is 0 Å². The number of nitrogens with one attached hydrogen (secondary N) is 2. The summed E-state index contributed by atoms with van der Waals surface area (Å²) in [5.41, 5.74) is 7.81. The maximum absolute atomic E-state index is 13.6. The third-order valence-electron chi connectivity index (χ3n) is 5.96. The number of pyridine rings is 1. The Morgan fingerprint density at radius 2 is 2.03 bits per heavy atom. The van der Waals surface area contributed by atoms with Crippen LogP contribution in [-0.2, 0) is 4.79 Å². The summed E-state index contributed by atoms with van der Waals surface area (Å²) in [6.07, 6.45) is 6.34. The number of hydrogen-bond acceptors (Lipinski definition) is 4. The van der Waals surface area contributed by atoms with Crippen molar-refractivity contribution in [2.45, 2.75) is 6.42 Å². The fraction of sp³-hybridized carbons (Fsp3) is 0.238. The molecule has 146 valence electrons. The van der Waals surface area contributed by atoms with Crippen LogP contribution in [0.5, 0.6) is 0 Å². The van der Waals surface area contributed by atoms with Crippen molar-refractivity contribution in [1.82, 2.24) is 15.0 Å². The number of H-pyrrole nitrogens is 1. The normalized spacial score (nSPS) is 25.0. The quantitative estimate of drug-likeness (QED) is 0.451. The summed E-state index contributed by atoms with van der Waals surface area (Å²) in [7, 11) is 0. The zero-order valence-electron chi connectivity index (χ0n) is 15.2. The molecule has 1 aromatic carbocycles. The number of halogens is 2. The predicted octanol–water partition coefficient (Wildman–Crippen LogP) is 3.71. The molecular weight excluding hydrogens is 393 g/mol. The molecule has 2 bridgehead atoms. The van der Waals surface area contributed by atoms with Crippen molar-refractivity contribution < 1.29 is 9.18 Å². The van der Waals surface area contributed by atoms with Gasteiger partial charge in [-0.25, -0.2) is 14.4 Å². The van der Waals surface area contributed by atoms with Gasteiger partial charge in [0.15, 0.2) is 5.65 Å². The van der Waals surface area contributed by atoms with E-state index in [2.05, 4.69) is 21.0 Å². The van der Waals surface area contributed by atoms with Crippen molar-refractivity contribution in [2.75, 3.05) is 0 Å². The second kappa shape index (κ2) is 6.49. The maximum atomic E-state index is 13.6. The van der Waals surface area contributed by atoms with Crippen LogP contribution in [0.3, 0.4) is 0 Å². The molecule has 5 rings (SSSR count). The lowest BCUT2D eigenvalue weighted by atomic mass is 9.77. The molecule has 1 amide bonds. The highest BCUT2D eigenvalue weighted by Crippen LogP contribution is 2.49. The van der Waals surface area contributed by atoms with Gasteiger partial charge in [0, 0.05) is 29.0 Å². The summed E-state index contributed by atoms with van der Waals surface area (Å²) in [6, 6.07) is 6.06. The van der Waals surface area contributed by atoms with Gasteiger partial charge in [-0.3, -0.25) is 4.79 Å². The number of rotatable bonds is 4. The fourth-order valence-corrected chi connectivity index (χ4v) is 4.98. The molecule has 2 aromatic heterocycles. The van der Waals surface area contributed by atoms with E-state index < -0.39 is 11.8 Å². The average molecular weight is 410 g/mol. The highest BCUT2D eigenvalue weighted by atomic mass is 35.5. The van der Waals surface area contributed by atoms with E-state index in [1.807, 2.05) is 6.08 Å². The average Bonchev–Trinajstić information content (AvgIpc) is 3.41. The van der Waals surface area contributed by atoms with Crippen molar-refractivity contribution in [2.24, 2.45) is 29.4 Å². The van der Waals surface area contributed by atoms with Crippen LogP contribution in [-0.4, -0.2) is 26.6 Å². The molecule has 3 aromatic rings. The number of primary amides is 1. The lowest BCUT2D eigenvalue weighted by Gasteiger charge is -2.26. The number of nitrogens with zero attached hydrogens (tertiary/aromatic N) is 2. The number of imidazole rings is 1. The van der Waals surface area contributed by atoms with Crippen LogP contribution in [0.2, 0.25) is 5.02 Å². The van der Waals surface area contributed by atoms with E-state index in [-0.39, 0.29) is 29.3 Å². The Balaban J connectivity index is 1.63. The SMILES string of the molecule is N=C(c1c(Cl)cnc2nc(-c3cccc(F)c3)[nH]c12)C1C2C=CC(C2)C1C(N)=O. The maximum Gasteiger partial charge on any atom is 0.221 e. The van der Waals surface area contributed by atoms with Gasteiger partial charge in [0.25, 0.3) is 0 Å². The molecule has 4 atom stereocenters. The Kier molecular flexibility index (Phi) is 4.03.